The van der Waals surface area contributed by atoms with Gasteiger partial charge >= 0.3 is 6.18 Å². The number of hydrogen-bond acceptors (Lipinski definition) is 3. The Morgan fingerprint density at radius 3 is 2.65 bits per heavy atom. The fraction of sp³-hybridized carbons (Fsp3) is 0.217. The molecular weight excluding hydrogens is 405 g/mol. The van der Waals surface area contributed by atoms with E-state index in [1.807, 2.05) is 18.3 Å². The SMILES string of the molecule is O=c1[nH]c(-c2ccc(C(F)(F)F)cc2)nc2c1CCN(Cc1ccc3[nH]ccc3c1)C2. The number of nitrogens with zero attached hydrogens (tertiary/aromatic N) is 2. The molecule has 4 aromatic rings. The van der Waals surface area contributed by atoms with Crippen molar-refractivity contribution in [3.8, 4) is 11.4 Å². The summed E-state index contributed by atoms with van der Waals surface area (Å²) in [4.78, 5) is 25.3. The third-order valence-corrected chi connectivity index (χ3v) is 5.66. The highest BCUT2D eigenvalue weighted by Crippen LogP contribution is 2.30. The van der Waals surface area contributed by atoms with Gasteiger partial charge in [0.2, 0.25) is 0 Å². The zero-order chi connectivity index (χ0) is 21.6. The second kappa shape index (κ2) is 7.39. The van der Waals surface area contributed by atoms with Crippen LogP contribution in [0.5, 0.6) is 0 Å². The highest BCUT2D eigenvalue weighted by molar-refractivity contribution is 5.79. The Morgan fingerprint density at radius 2 is 1.87 bits per heavy atom. The number of rotatable bonds is 3. The average molecular weight is 424 g/mol. The maximum Gasteiger partial charge on any atom is 0.416 e. The van der Waals surface area contributed by atoms with Gasteiger partial charge in [-0.2, -0.15) is 13.2 Å². The monoisotopic (exact) mass is 424 g/mol. The van der Waals surface area contributed by atoms with E-state index in [2.05, 4.69) is 32.0 Å². The van der Waals surface area contributed by atoms with Gasteiger partial charge in [0.25, 0.3) is 5.56 Å². The predicted octanol–water partition coefficient (Wildman–Crippen LogP) is 4.50. The van der Waals surface area contributed by atoms with Crippen LogP contribution in [0.15, 0.2) is 59.5 Å². The van der Waals surface area contributed by atoms with Crippen molar-refractivity contribution in [3.63, 3.8) is 0 Å². The Kier molecular flexibility index (Phi) is 4.66. The minimum absolute atomic E-state index is 0.228. The number of H-pyrrole nitrogens is 2. The molecule has 5 nitrogen and oxygen atoms in total. The lowest BCUT2D eigenvalue weighted by Crippen LogP contribution is -2.35. The molecule has 0 bridgehead atoms. The van der Waals surface area contributed by atoms with Crippen LogP contribution in [-0.2, 0) is 25.7 Å². The standard InChI is InChI=1S/C23H19F3N4O/c24-23(25,26)17-4-2-15(3-5-17)21-28-20-13-30(10-8-18(20)22(31)29-21)12-14-1-6-19-16(11-14)7-9-27-19/h1-7,9,11,27H,8,10,12-13H2,(H,28,29,31). The van der Waals surface area contributed by atoms with Crippen molar-refractivity contribution in [2.75, 3.05) is 6.54 Å². The molecule has 0 amide bonds. The summed E-state index contributed by atoms with van der Waals surface area (Å²) in [7, 11) is 0. The van der Waals surface area contributed by atoms with Gasteiger partial charge in [-0.25, -0.2) is 4.98 Å². The molecule has 0 unspecified atom stereocenters. The number of aromatic amines is 2. The van der Waals surface area contributed by atoms with Crippen molar-refractivity contribution in [3.05, 3.63) is 87.5 Å². The number of fused-ring (bicyclic) bond motifs is 2. The van der Waals surface area contributed by atoms with E-state index in [0.717, 1.165) is 36.1 Å². The zero-order valence-corrected chi connectivity index (χ0v) is 16.5. The fourth-order valence-electron chi connectivity index (χ4n) is 4.04. The van der Waals surface area contributed by atoms with Gasteiger partial charge in [-0.05, 0) is 47.7 Å². The molecule has 31 heavy (non-hydrogen) atoms. The molecule has 0 atom stereocenters. The Balaban J connectivity index is 1.40. The van der Waals surface area contributed by atoms with Crippen molar-refractivity contribution in [1.82, 2.24) is 19.9 Å². The van der Waals surface area contributed by atoms with Crippen LogP contribution in [0.25, 0.3) is 22.3 Å². The number of hydrogen-bond donors (Lipinski definition) is 2. The van der Waals surface area contributed by atoms with Gasteiger partial charge in [-0.1, -0.05) is 18.2 Å². The van der Waals surface area contributed by atoms with Crippen LogP contribution in [0.4, 0.5) is 13.2 Å². The molecular formula is C23H19F3N4O. The van der Waals surface area contributed by atoms with E-state index in [1.165, 1.54) is 17.7 Å². The summed E-state index contributed by atoms with van der Waals surface area (Å²) in [5, 5.41) is 1.15. The minimum atomic E-state index is -4.40. The Morgan fingerprint density at radius 1 is 1.06 bits per heavy atom. The van der Waals surface area contributed by atoms with Gasteiger partial charge in [0.15, 0.2) is 0 Å². The molecule has 0 spiro atoms. The van der Waals surface area contributed by atoms with Gasteiger partial charge in [0, 0.05) is 42.5 Å². The molecule has 2 aromatic carbocycles. The summed E-state index contributed by atoms with van der Waals surface area (Å²) < 4.78 is 38.5. The molecule has 2 aromatic heterocycles. The first kappa shape index (κ1) is 19.6. The van der Waals surface area contributed by atoms with E-state index in [0.29, 0.717) is 29.8 Å². The number of alkyl halides is 3. The Labute approximate surface area is 175 Å². The number of aromatic nitrogens is 3. The highest BCUT2D eigenvalue weighted by atomic mass is 19.4. The number of benzene rings is 2. The molecule has 8 heteroatoms. The van der Waals surface area contributed by atoms with Crippen molar-refractivity contribution in [1.29, 1.82) is 0 Å². The molecule has 0 radical (unpaired) electrons. The van der Waals surface area contributed by atoms with Crippen LogP contribution in [0, 0.1) is 0 Å². The average Bonchev–Trinajstić information content (AvgIpc) is 3.21. The van der Waals surface area contributed by atoms with Crippen molar-refractivity contribution in [2.24, 2.45) is 0 Å². The van der Waals surface area contributed by atoms with Crippen molar-refractivity contribution < 1.29 is 13.2 Å². The molecule has 1 aliphatic rings. The zero-order valence-electron chi connectivity index (χ0n) is 16.5. The van der Waals surface area contributed by atoms with Gasteiger partial charge in [-0.3, -0.25) is 9.69 Å². The lowest BCUT2D eigenvalue weighted by molar-refractivity contribution is -0.137. The van der Waals surface area contributed by atoms with Gasteiger partial charge in [-0.15, -0.1) is 0 Å². The van der Waals surface area contributed by atoms with Crippen molar-refractivity contribution >= 4 is 10.9 Å². The van der Waals surface area contributed by atoms with E-state index in [-0.39, 0.29) is 11.4 Å². The molecule has 0 saturated heterocycles. The molecule has 0 aliphatic carbocycles. The van der Waals surface area contributed by atoms with Crippen LogP contribution in [0.1, 0.15) is 22.4 Å². The van der Waals surface area contributed by atoms with Crippen LogP contribution < -0.4 is 5.56 Å². The van der Waals surface area contributed by atoms with Crippen LogP contribution >= 0.6 is 0 Å². The molecule has 5 rings (SSSR count). The third-order valence-electron chi connectivity index (χ3n) is 5.66. The molecule has 2 N–H and O–H groups in total. The van der Waals surface area contributed by atoms with Crippen LogP contribution in [0.2, 0.25) is 0 Å². The topological polar surface area (TPSA) is 64.8 Å². The summed E-state index contributed by atoms with van der Waals surface area (Å²) in [5.74, 6) is 0.285. The number of halogens is 3. The van der Waals surface area contributed by atoms with Crippen LogP contribution in [0.3, 0.4) is 0 Å². The van der Waals surface area contributed by atoms with Gasteiger partial charge in [0.1, 0.15) is 5.82 Å². The minimum Gasteiger partial charge on any atom is -0.361 e. The summed E-state index contributed by atoms with van der Waals surface area (Å²) in [5.41, 5.74) is 3.06. The quantitative estimate of drug-likeness (QED) is 0.509. The first-order valence-corrected chi connectivity index (χ1v) is 9.95. The van der Waals surface area contributed by atoms with Gasteiger partial charge < -0.3 is 9.97 Å². The molecule has 0 fully saturated rings. The van der Waals surface area contributed by atoms with E-state index in [4.69, 9.17) is 0 Å². The molecule has 0 saturated carbocycles. The first-order chi connectivity index (χ1) is 14.9. The Hall–Kier alpha value is -3.39. The first-order valence-electron chi connectivity index (χ1n) is 9.95. The van der Waals surface area contributed by atoms with Crippen LogP contribution in [-0.4, -0.2) is 26.4 Å². The second-order valence-electron chi connectivity index (χ2n) is 7.77. The van der Waals surface area contributed by atoms with Gasteiger partial charge in [0.05, 0.1) is 11.3 Å². The second-order valence-corrected chi connectivity index (χ2v) is 7.77. The highest BCUT2D eigenvalue weighted by Gasteiger charge is 2.30. The van der Waals surface area contributed by atoms with Crippen molar-refractivity contribution in [2.45, 2.75) is 25.7 Å². The Bertz CT molecular complexity index is 1310. The lowest BCUT2D eigenvalue weighted by Gasteiger charge is -2.27. The molecule has 158 valence electrons. The summed E-state index contributed by atoms with van der Waals surface area (Å²) >= 11 is 0. The maximum absolute atomic E-state index is 12.8. The predicted molar refractivity (Wildman–Crippen MR) is 111 cm³/mol. The van der Waals surface area contributed by atoms with E-state index >= 15 is 0 Å². The smallest absolute Gasteiger partial charge is 0.361 e. The summed E-state index contributed by atoms with van der Waals surface area (Å²) in [6, 6.07) is 13.0. The van der Waals surface area contributed by atoms with E-state index in [1.54, 1.807) is 0 Å². The third kappa shape index (κ3) is 3.86. The maximum atomic E-state index is 12.8. The summed E-state index contributed by atoms with van der Waals surface area (Å²) in [6.45, 7) is 1.98. The van der Waals surface area contributed by atoms with E-state index < -0.39 is 11.7 Å². The summed E-state index contributed by atoms with van der Waals surface area (Å²) in [6.07, 6.45) is -1.92. The molecule has 1 aliphatic heterocycles. The number of nitrogens with one attached hydrogen (secondary N) is 2. The largest absolute Gasteiger partial charge is 0.416 e. The molecule has 3 heterocycles. The van der Waals surface area contributed by atoms with E-state index in [9.17, 15) is 18.0 Å². The lowest BCUT2D eigenvalue weighted by atomic mass is 10.0. The normalized spacial score (nSPS) is 14.7. The fourth-order valence-corrected chi connectivity index (χ4v) is 4.04.